The molecule has 29 heavy (non-hydrogen) atoms. The van der Waals surface area contributed by atoms with Gasteiger partial charge in [0.15, 0.2) is 0 Å². The number of carbonyl (C=O) groups is 2. The Bertz CT molecular complexity index is 894. The van der Waals surface area contributed by atoms with Gasteiger partial charge in [-0.1, -0.05) is 11.6 Å². The van der Waals surface area contributed by atoms with E-state index in [1.807, 2.05) is 13.8 Å². The largest absolute Gasteiger partial charge is 0.356 e. The topological polar surface area (TPSA) is 65.5 Å². The van der Waals surface area contributed by atoms with Gasteiger partial charge in [-0.2, -0.15) is 0 Å². The lowest BCUT2D eigenvalue weighted by Crippen LogP contribution is -2.33. The number of rotatable bonds is 5. The number of hydrogen-bond donors (Lipinski definition) is 1. The van der Waals surface area contributed by atoms with E-state index in [4.69, 9.17) is 11.6 Å². The molecule has 1 aromatic carbocycles. The molecule has 154 valence electrons. The predicted molar refractivity (Wildman–Crippen MR) is 117 cm³/mol. The second-order valence-corrected chi connectivity index (χ2v) is 7.99. The van der Waals surface area contributed by atoms with Crippen LogP contribution in [0.25, 0.3) is 0 Å². The van der Waals surface area contributed by atoms with Crippen LogP contribution in [-0.4, -0.2) is 47.9 Å². The monoisotopic (exact) mass is 414 g/mol. The van der Waals surface area contributed by atoms with E-state index in [9.17, 15) is 9.59 Å². The summed E-state index contributed by atoms with van der Waals surface area (Å²) in [6, 6.07) is 8.51. The first-order chi connectivity index (χ1) is 13.9. The zero-order chi connectivity index (χ0) is 21.0. The molecule has 0 aliphatic carbocycles. The van der Waals surface area contributed by atoms with Crippen molar-refractivity contribution >= 4 is 34.9 Å². The Morgan fingerprint density at radius 2 is 1.90 bits per heavy atom. The molecule has 1 fully saturated rings. The highest BCUT2D eigenvalue weighted by molar-refractivity contribution is 6.34. The molecule has 0 saturated carbocycles. The first kappa shape index (κ1) is 21.1. The summed E-state index contributed by atoms with van der Waals surface area (Å²) in [6.07, 6.45) is 5.09. The van der Waals surface area contributed by atoms with Gasteiger partial charge < -0.3 is 15.1 Å². The van der Waals surface area contributed by atoms with Crippen LogP contribution >= 0.6 is 11.6 Å². The van der Waals surface area contributed by atoms with Crippen molar-refractivity contribution in [2.24, 2.45) is 0 Å². The van der Waals surface area contributed by atoms with Crippen molar-refractivity contribution in [3.8, 4) is 0 Å². The SMILES string of the molecule is CC(C)N(C)C(=O)c1ccc(Cl)c(NC(=O)c2cccnc2N2CCCCC2)c1. The molecule has 1 aromatic heterocycles. The molecule has 2 heterocycles. The van der Waals surface area contributed by atoms with Crippen LogP contribution in [0, 0.1) is 0 Å². The van der Waals surface area contributed by atoms with E-state index in [0.717, 1.165) is 25.9 Å². The third-order valence-electron chi connectivity index (χ3n) is 5.24. The molecular formula is C22H27ClN4O2. The predicted octanol–water partition coefficient (Wildman–Crippen LogP) is 4.46. The van der Waals surface area contributed by atoms with Gasteiger partial charge in [0.05, 0.1) is 16.3 Å². The summed E-state index contributed by atoms with van der Waals surface area (Å²) in [5.41, 5.74) is 1.39. The average molecular weight is 415 g/mol. The minimum Gasteiger partial charge on any atom is -0.356 e. The molecule has 6 nitrogen and oxygen atoms in total. The quantitative estimate of drug-likeness (QED) is 0.784. The maximum absolute atomic E-state index is 13.0. The Morgan fingerprint density at radius 3 is 2.59 bits per heavy atom. The van der Waals surface area contributed by atoms with E-state index < -0.39 is 0 Å². The number of pyridine rings is 1. The molecular weight excluding hydrogens is 388 g/mol. The van der Waals surface area contributed by atoms with Crippen LogP contribution < -0.4 is 10.2 Å². The van der Waals surface area contributed by atoms with Crippen molar-refractivity contribution in [3.63, 3.8) is 0 Å². The summed E-state index contributed by atoms with van der Waals surface area (Å²) < 4.78 is 0. The van der Waals surface area contributed by atoms with Gasteiger partial charge in [-0.15, -0.1) is 0 Å². The van der Waals surface area contributed by atoms with Crippen molar-refractivity contribution in [1.82, 2.24) is 9.88 Å². The fourth-order valence-electron chi connectivity index (χ4n) is 3.31. The van der Waals surface area contributed by atoms with Crippen LogP contribution in [0.3, 0.4) is 0 Å². The number of aromatic nitrogens is 1. The van der Waals surface area contributed by atoms with Crippen LogP contribution in [0.15, 0.2) is 36.5 Å². The van der Waals surface area contributed by atoms with E-state index in [-0.39, 0.29) is 17.9 Å². The smallest absolute Gasteiger partial charge is 0.259 e. The van der Waals surface area contributed by atoms with Gasteiger partial charge in [0.25, 0.3) is 11.8 Å². The van der Waals surface area contributed by atoms with E-state index in [1.54, 1.807) is 48.5 Å². The number of anilines is 2. The van der Waals surface area contributed by atoms with Gasteiger partial charge in [-0.05, 0) is 63.4 Å². The molecule has 0 radical (unpaired) electrons. The zero-order valence-corrected chi connectivity index (χ0v) is 17.9. The molecule has 1 saturated heterocycles. The Morgan fingerprint density at radius 1 is 1.17 bits per heavy atom. The van der Waals surface area contributed by atoms with Crippen molar-refractivity contribution in [2.75, 3.05) is 30.4 Å². The normalized spacial score (nSPS) is 14.0. The minimum absolute atomic E-state index is 0.0683. The number of nitrogens with one attached hydrogen (secondary N) is 1. The Labute approximate surface area is 176 Å². The molecule has 2 amide bonds. The molecule has 3 rings (SSSR count). The Kier molecular flexibility index (Phi) is 6.75. The number of piperidine rings is 1. The fraction of sp³-hybridized carbons (Fsp3) is 0.409. The maximum Gasteiger partial charge on any atom is 0.259 e. The van der Waals surface area contributed by atoms with E-state index >= 15 is 0 Å². The summed E-state index contributed by atoms with van der Waals surface area (Å²) in [5.74, 6) is 0.275. The third kappa shape index (κ3) is 4.88. The van der Waals surface area contributed by atoms with Crippen molar-refractivity contribution in [1.29, 1.82) is 0 Å². The van der Waals surface area contributed by atoms with Gasteiger partial charge in [0, 0.05) is 37.9 Å². The molecule has 7 heteroatoms. The van der Waals surface area contributed by atoms with E-state index in [2.05, 4.69) is 15.2 Å². The van der Waals surface area contributed by atoms with Gasteiger partial charge in [-0.3, -0.25) is 9.59 Å². The molecule has 1 aliphatic rings. The fourth-order valence-corrected chi connectivity index (χ4v) is 3.48. The summed E-state index contributed by atoms with van der Waals surface area (Å²) in [4.78, 5) is 33.9. The number of hydrogen-bond acceptors (Lipinski definition) is 4. The number of benzene rings is 1. The average Bonchev–Trinajstić information content (AvgIpc) is 2.74. The number of nitrogens with zero attached hydrogens (tertiary/aromatic N) is 3. The zero-order valence-electron chi connectivity index (χ0n) is 17.1. The molecule has 2 aromatic rings. The van der Waals surface area contributed by atoms with Crippen molar-refractivity contribution in [2.45, 2.75) is 39.2 Å². The van der Waals surface area contributed by atoms with Gasteiger partial charge >= 0.3 is 0 Å². The highest BCUT2D eigenvalue weighted by atomic mass is 35.5. The first-order valence-electron chi connectivity index (χ1n) is 9.96. The maximum atomic E-state index is 13.0. The molecule has 0 unspecified atom stereocenters. The molecule has 1 aliphatic heterocycles. The molecule has 0 spiro atoms. The summed E-state index contributed by atoms with van der Waals surface area (Å²) in [7, 11) is 1.75. The van der Waals surface area contributed by atoms with Crippen molar-refractivity contribution < 1.29 is 9.59 Å². The Hall–Kier alpha value is -2.60. The van der Waals surface area contributed by atoms with Crippen LogP contribution in [-0.2, 0) is 0 Å². The molecule has 0 bridgehead atoms. The van der Waals surface area contributed by atoms with E-state index in [1.165, 1.54) is 6.42 Å². The van der Waals surface area contributed by atoms with Crippen molar-refractivity contribution in [3.05, 3.63) is 52.7 Å². The van der Waals surface area contributed by atoms with Crippen LogP contribution in [0.2, 0.25) is 5.02 Å². The minimum atomic E-state index is -0.289. The Balaban J connectivity index is 1.84. The summed E-state index contributed by atoms with van der Waals surface area (Å²) in [6.45, 7) is 5.68. The second kappa shape index (κ2) is 9.27. The highest BCUT2D eigenvalue weighted by Crippen LogP contribution is 2.27. The number of amides is 2. The van der Waals surface area contributed by atoms with Gasteiger partial charge in [0.1, 0.15) is 5.82 Å². The lowest BCUT2D eigenvalue weighted by Gasteiger charge is -2.29. The third-order valence-corrected chi connectivity index (χ3v) is 5.57. The summed E-state index contributed by atoms with van der Waals surface area (Å²) >= 11 is 6.30. The van der Waals surface area contributed by atoms with Gasteiger partial charge in [0.2, 0.25) is 0 Å². The molecule has 1 N–H and O–H groups in total. The molecule has 0 atom stereocenters. The first-order valence-corrected chi connectivity index (χ1v) is 10.3. The van der Waals surface area contributed by atoms with Crippen LogP contribution in [0.4, 0.5) is 11.5 Å². The van der Waals surface area contributed by atoms with Crippen LogP contribution in [0.5, 0.6) is 0 Å². The lowest BCUT2D eigenvalue weighted by molar-refractivity contribution is 0.0754. The lowest BCUT2D eigenvalue weighted by atomic mass is 10.1. The number of carbonyl (C=O) groups excluding carboxylic acids is 2. The van der Waals surface area contributed by atoms with E-state index in [0.29, 0.717) is 27.7 Å². The van der Waals surface area contributed by atoms with Crippen LogP contribution in [0.1, 0.15) is 53.8 Å². The highest BCUT2D eigenvalue weighted by Gasteiger charge is 2.21. The second-order valence-electron chi connectivity index (χ2n) is 7.58. The standard InChI is InChI=1S/C22H27ClN4O2/c1-15(2)26(3)22(29)16-9-10-18(23)19(14-16)25-21(28)17-8-7-11-24-20(17)27-12-5-4-6-13-27/h7-11,14-15H,4-6,12-13H2,1-3H3,(H,25,28). The number of halogens is 1. The summed E-state index contributed by atoms with van der Waals surface area (Å²) in [5, 5.41) is 3.24. The van der Waals surface area contributed by atoms with Gasteiger partial charge in [-0.25, -0.2) is 4.98 Å².